The molecule has 0 atom stereocenters. The Balaban J connectivity index is 1.22. The molecule has 2 aliphatic heterocycles. The number of imide groups is 1. The molecular weight excluding hydrogens is 408 g/mol. The second-order valence-electron chi connectivity index (χ2n) is 8.71. The molecule has 2 aliphatic rings. The monoisotopic (exact) mass is 436 g/mol. The lowest BCUT2D eigenvalue weighted by molar-refractivity contribution is 0.0647. The maximum atomic E-state index is 12.6. The molecule has 0 aromatic heterocycles. The summed E-state index contributed by atoms with van der Waals surface area (Å²) in [5.41, 5.74) is 6.48. The molecule has 4 heteroatoms. The Morgan fingerprint density at radius 2 is 1.12 bits per heavy atom. The molecule has 0 bridgehead atoms. The number of carbonyl (C=O) groups excluding carboxylic acids is 2. The van der Waals surface area contributed by atoms with Gasteiger partial charge >= 0.3 is 0 Å². The molecule has 0 aliphatic carbocycles. The van der Waals surface area contributed by atoms with E-state index < -0.39 is 0 Å². The molecule has 166 valence electrons. The van der Waals surface area contributed by atoms with Crippen LogP contribution in [0.25, 0.3) is 5.57 Å². The molecule has 0 spiro atoms. The van der Waals surface area contributed by atoms with Crippen LogP contribution in [0.3, 0.4) is 0 Å². The van der Waals surface area contributed by atoms with E-state index in [4.69, 9.17) is 0 Å². The summed E-state index contributed by atoms with van der Waals surface area (Å²) in [6.07, 6.45) is 2.87. The molecule has 0 saturated carbocycles. The highest BCUT2D eigenvalue weighted by Crippen LogP contribution is 2.32. The molecule has 2 amide bonds. The van der Waals surface area contributed by atoms with Crippen LogP contribution >= 0.6 is 0 Å². The van der Waals surface area contributed by atoms with Crippen molar-refractivity contribution in [2.24, 2.45) is 0 Å². The van der Waals surface area contributed by atoms with E-state index in [1.54, 1.807) is 12.1 Å². The normalized spacial score (nSPS) is 16.2. The van der Waals surface area contributed by atoms with Gasteiger partial charge in [0.25, 0.3) is 11.8 Å². The highest BCUT2D eigenvalue weighted by molar-refractivity contribution is 6.21. The molecule has 1 saturated heterocycles. The minimum Gasteiger partial charge on any atom is -0.303 e. The smallest absolute Gasteiger partial charge is 0.261 e. The van der Waals surface area contributed by atoms with E-state index in [1.807, 2.05) is 12.1 Å². The minimum atomic E-state index is -0.158. The number of nitrogens with zero attached hydrogens (tertiary/aromatic N) is 2. The molecule has 0 radical (unpaired) electrons. The van der Waals surface area contributed by atoms with Crippen molar-refractivity contribution in [1.82, 2.24) is 9.80 Å². The Morgan fingerprint density at radius 1 is 0.636 bits per heavy atom. The standard InChI is InChI=1S/C29H28N2O2/c32-28-25-14-7-8-15-26(25)29(33)31(28)19-9-18-30-20-16-24(17-21-30)27(22-10-3-1-4-11-22)23-12-5-2-6-13-23/h1-8,10-15H,9,16-21H2. The topological polar surface area (TPSA) is 40.6 Å². The van der Waals surface area contributed by atoms with Crippen molar-refractivity contribution in [2.75, 3.05) is 26.2 Å². The van der Waals surface area contributed by atoms with Crippen LogP contribution < -0.4 is 0 Å². The molecule has 2 heterocycles. The number of amides is 2. The Labute approximate surface area is 195 Å². The van der Waals surface area contributed by atoms with Gasteiger partial charge in [-0.2, -0.15) is 0 Å². The van der Waals surface area contributed by atoms with Crippen LogP contribution in [0.5, 0.6) is 0 Å². The van der Waals surface area contributed by atoms with E-state index in [0.717, 1.165) is 38.9 Å². The maximum Gasteiger partial charge on any atom is 0.261 e. The molecular formula is C29H28N2O2. The van der Waals surface area contributed by atoms with Crippen LogP contribution in [0.15, 0.2) is 90.5 Å². The van der Waals surface area contributed by atoms with Gasteiger partial charge in [-0.05, 0) is 54.6 Å². The SMILES string of the molecule is O=C1c2ccccc2C(=O)N1CCCN1CCC(=C(c2ccccc2)c2ccccc2)CC1. The van der Waals surface area contributed by atoms with Gasteiger partial charge in [0.05, 0.1) is 11.1 Å². The van der Waals surface area contributed by atoms with Gasteiger partial charge in [0.15, 0.2) is 0 Å². The Bertz CT molecular complexity index is 1100. The van der Waals surface area contributed by atoms with Crippen LogP contribution in [-0.4, -0.2) is 47.8 Å². The van der Waals surface area contributed by atoms with Gasteiger partial charge in [-0.1, -0.05) is 78.4 Å². The molecule has 3 aromatic carbocycles. The third-order valence-corrected chi connectivity index (χ3v) is 6.67. The lowest BCUT2D eigenvalue weighted by atomic mass is 9.88. The fourth-order valence-corrected chi connectivity index (χ4v) is 4.98. The first-order chi connectivity index (χ1) is 16.2. The average Bonchev–Trinajstić information content (AvgIpc) is 3.11. The van der Waals surface area contributed by atoms with Gasteiger partial charge in [-0.3, -0.25) is 14.5 Å². The summed E-state index contributed by atoms with van der Waals surface area (Å²) < 4.78 is 0. The Morgan fingerprint density at radius 3 is 1.64 bits per heavy atom. The van der Waals surface area contributed by atoms with Gasteiger partial charge in [0, 0.05) is 19.6 Å². The van der Waals surface area contributed by atoms with Crippen LogP contribution in [0.1, 0.15) is 51.1 Å². The van der Waals surface area contributed by atoms with Gasteiger partial charge in [0.2, 0.25) is 0 Å². The molecule has 0 N–H and O–H groups in total. The minimum absolute atomic E-state index is 0.158. The number of hydrogen-bond acceptors (Lipinski definition) is 3. The lowest BCUT2D eigenvalue weighted by Gasteiger charge is -2.30. The van der Waals surface area contributed by atoms with Crippen molar-refractivity contribution in [1.29, 1.82) is 0 Å². The van der Waals surface area contributed by atoms with Crippen molar-refractivity contribution in [3.8, 4) is 0 Å². The van der Waals surface area contributed by atoms with Gasteiger partial charge < -0.3 is 4.90 Å². The van der Waals surface area contributed by atoms with Crippen molar-refractivity contribution >= 4 is 17.4 Å². The number of likely N-dealkylation sites (tertiary alicyclic amines) is 1. The number of benzene rings is 3. The summed E-state index contributed by atoms with van der Waals surface area (Å²) in [5.74, 6) is -0.315. The van der Waals surface area contributed by atoms with Gasteiger partial charge in [-0.25, -0.2) is 0 Å². The first kappa shape index (κ1) is 21.4. The number of hydrogen-bond donors (Lipinski definition) is 0. The number of carbonyl (C=O) groups is 2. The molecule has 33 heavy (non-hydrogen) atoms. The van der Waals surface area contributed by atoms with Crippen LogP contribution in [0.4, 0.5) is 0 Å². The third-order valence-electron chi connectivity index (χ3n) is 6.67. The fraction of sp³-hybridized carbons (Fsp3) is 0.241. The highest BCUT2D eigenvalue weighted by Gasteiger charge is 2.34. The zero-order valence-electron chi connectivity index (χ0n) is 18.7. The molecule has 0 unspecified atom stereocenters. The number of rotatable bonds is 6. The lowest BCUT2D eigenvalue weighted by Crippen LogP contribution is -2.36. The van der Waals surface area contributed by atoms with Crippen molar-refractivity contribution in [3.05, 3.63) is 113 Å². The maximum absolute atomic E-state index is 12.6. The summed E-state index contributed by atoms with van der Waals surface area (Å²) in [6, 6.07) is 28.4. The fourth-order valence-electron chi connectivity index (χ4n) is 4.98. The molecule has 4 nitrogen and oxygen atoms in total. The van der Waals surface area contributed by atoms with Gasteiger partial charge in [-0.15, -0.1) is 0 Å². The zero-order chi connectivity index (χ0) is 22.6. The number of fused-ring (bicyclic) bond motifs is 1. The summed E-state index contributed by atoms with van der Waals surface area (Å²) in [7, 11) is 0. The van der Waals surface area contributed by atoms with Crippen LogP contribution in [0, 0.1) is 0 Å². The second-order valence-corrected chi connectivity index (χ2v) is 8.71. The second kappa shape index (κ2) is 9.55. The van der Waals surface area contributed by atoms with Crippen LogP contribution in [0.2, 0.25) is 0 Å². The summed E-state index contributed by atoms with van der Waals surface area (Å²) >= 11 is 0. The van der Waals surface area contributed by atoms with E-state index in [1.165, 1.54) is 27.2 Å². The predicted octanol–water partition coefficient (Wildman–Crippen LogP) is 5.27. The molecule has 1 fully saturated rings. The predicted molar refractivity (Wildman–Crippen MR) is 131 cm³/mol. The highest BCUT2D eigenvalue weighted by atomic mass is 16.2. The van der Waals surface area contributed by atoms with E-state index in [9.17, 15) is 9.59 Å². The van der Waals surface area contributed by atoms with Crippen LogP contribution in [-0.2, 0) is 0 Å². The van der Waals surface area contributed by atoms with E-state index >= 15 is 0 Å². The van der Waals surface area contributed by atoms with Crippen molar-refractivity contribution in [3.63, 3.8) is 0 Å². The summed E-state index contributed by atoms with van der Waals surface area (Å²) in [6.45, 7) is 3.37. The Kier molecular flexibility index (Phi) is 6.18. The number of piperidine rings is 1. The quantitative estimate of drug-likeness (QED) is 0.494. The third kappa shape index (κ3) is 4.39. The van der Waals surface area contributed by atoms with E-state index in [0.29, 0.717) is 17.7 Å². The first-order valence-electron chi connectivity index (χ1n) is 11.7. The zero-order valence-corrected chi connectivity index (χ0v) is 18.7. The van der Waals surface area contributed by atoms with Crippen molar-refractivity contribution in [2.45, 2.75) is 19.3 Å². The molecule has 5 rings (SSSR count). The van der Waals surface area contributed by atoms with Gasteiger partial charge in [0.1, 0.15) is 0 Å². The molecule has 3 aromatic rings. The van der Waals surface area contributed by atoms with Crippen molar-refractivity contribution < 1.29 is 9.59 Å². The summed E-state index contributed by atoms with van der Waals surface area (Å²) in [4.78, 5) is 29.0. The average molecular weight is 437 g/mol. The van der Waals surface area contributed by atoms with E-state index in [2.05, 4.69) is 65.6 Å². The Hall–Kier alpha value is -3.50. The largest absolute Gasteiger partial charge is 0.303 e. The first-order valence-corrected chi connectivity index (χ1v) is 11.7. The summed E-state index contributed by atoms with van der Waals surface area (Å²) in [5, 5.41) is 0. The van der Waals surface area contributed by atoms with E-state index in [-0.39, 0.29) is 11.8 Å².